The molecule has 0 aliphatic carbocycles. The summed E-state index contributed by atoms with van der Waals surface area (Å²) in [5, 5.41) is 20.5. The number of aryl methyl sites for hydroxylation is 3. The molecule has 2 rings (SSSR count). The van der Waals surface area contributed by atoms with E-state index in [9.17, 15) is 10.2 Å². The first-order chi connectivity index (χ1) is 10.6. The van der Waals surface area contributed by atoms with E-state index in [4.69, 9.17) is 0 Å². The molecule has 2 heteroatoms. The van der Waals surface area contributed by atoms with E-state index in [0.29, 0.717) is 11.5 Å². The zero-order chi connectivity index (χ0) is 17.4. The SMILES string of the molecule is CCCc1cc(O)c(C)cc1-c1cc(C)c(O)c(C(C)(C)C)c1. The molecule has 0 fully saturated rings. The van der Waals surface area contributed by atoms with E-state index in [1.807, 2.05) is 26.0 Å². The fourth-order valence-corrected chi connectivity index (χ4v) is 2.99. The number of benzene rings is 2. The standard InChI is InChI=1S/C21H28O2/c1-7-8-15-12-19(22)13(2)10-17(15)16-9-14(3)20(23)18(11-16)21(4,5)6/h9-12,22-23H,7-8H2,1-6H3. The van der Waals surface area contributed by atoms with Crippen LogP contribution >= 0.6 is 0 Å². The number of aromatic hydroxyl groups is 2. The van der Waals surface area contributed by atoms with E-state index in [-0.39, 0.29) is 5.41 Å². The lowest BCUT2D eigenvalue weighted by Gasteiger charge is -2.23. The van der Waals surface area contributed by atoms with Gasteiger partial charge in [0, 0.05) is 5.56 Å². The van der Waals surface area contributed by atoms with Gasteiger partial charge in [0.2, 0.25) is 0 Å². The quantitative estimate of drug-likeness (QED) is 0.771. The minimum atomic E-state index is -0.123. The van der Waals surface area contributed by atoms with Crippen molar-refractivity contribution in [2.75, 3.05) is 0 Å². The summed E-state index contributed by atoms with van der Waals surface area (Å²) < 4.78 is 0. The summed E-state index contributed by atoms with van der Waals surface area (Å²) >= 11 is 0. The third-order valence-corrected chi connectivity index (χ3v) is 4.36. The number of rotatable bonds is 3. The molecule has 0 spiro atoms. The Hall–Kier alpha value is -1.96. The van der Waals surface area contributed by atoms with Gasteiger partial charge >= 0.3 is 0 Å². The molecule has 0 unspecified atom stereocenters. The van der Waals surface area contributed by atoms with E-state index < -0.39 is 0 Å². The smallest absolute Gasteiger partial charge is 0.122 e. The van der Waals surface area contributed by atoms with Crippen molar-refractivity contribution in [3.05, 3.63) is 46.5 Å². The Morgan fingerprint density at radius 3 is 2.13 bits per heavy atom. The molecule has 2 nitrogen and oxygen atoms in total. The van der Waals surface area contributed by atoms with Crippen LogP contribution < -0.4 is 0 Å². The van der Waals surface area contributed by atoms with Crippen LogP contribution in [0.1, 0.15) is 56.4 Å². The molecule has 0 radical (unpaired) electrons. The first-order valence-corrected chi connectivity index (χ1v) is 8.32. The van der Waals surface area contributed by atoms with Crippen molar-refractivity contribution >= 4 is 0 Å². The molecule has 0 heterocycles. The molecule has 0 saturated carbocycles. The van der Waals surface area contributed by atoms with Crippen LogP contribution in [0, 0.1) is 13.8 Å². The molecule has 2 N–H and O–H groups in total. The van der Waals surface area contributed by atoms with Gasteiger partial charge in [-0.05, 0) is 77.8 Å². The van der Waals surface area contributed by atoms with Crippen LogP contribution in [-0.4, -0.2) is 10.2 Å². The maximum absolute atomic E-state index is 10.4. The highest BCUT2D eigenvalue weighted by Gasteiger charge is 2.21. The van der Waals surface area contributed by atoms with Gasteiger partial charge in [0.1, 0.15) is 11.5 Å². The first-order valence-electron chi connectivity index (χ1n) is 8.32. The highest BCUT2D eigenvalue weighted by Crippen LogP contribution is 2.39. The molecule has 0 bridgehead atoms. The molecule has 124 valence electrons. The lowest BCUT2D eigenvalue weighted by Crippen LogP contribution is -2.12. The predicted molar refractivity (Wildman–Crippen MR) is 97.4 cm³/mol. The minimum Gasteiger partial charge on any atom is -0.508 e. The van der Waals surface area contributed by atoms with Crippen LogP contribution in [0.2, 0.25) is 0 Å². The van der Waals surface area contributed by atoms with Crippen molar-refractivity contribution in [3.63, 3.8) is 0 Å². The normalized spacial score (nSPS) is 11.7. The Kier molecular flexibility index (Phi) is 4.74. The molecule has 0 aliphatic rings. The molecule has 23 heavy (non-hydrogen) atoms. The zero-order valence-electron chi connectivity index (χ0n) is 15.1. The highest BCUT2D eigenvalue weighted by molar-refractivity contribution is 5.73. The second kappa shape index (κ2) is 6.27. The highest BCUT2D eigenvalue weighted by atomic mass is 16.3. The lowest BCUT2D eigenvalue weighted by atomic mass is 9.82. The van der Waals surface area contributed by atoms with E-state index in [2.05, 4.69) is 39.8 Å². The molecule has 2 aromatic carbocycles. The van der Waals surface area contributed by atoms with Crippen LogP contribution in [0.15, 0.2) is 24.3 Å². The van der Waals surface area contributed by atoms with Crippen molar-refractivity contribution < 1.29 is 10.2 Å². The summed E-state index contributed by atoms with van der Waals surface area (Å²) in [7, 11) is 0. The van der Waals surface area contributed by atoms with Gasteiger partial charge in [-0.25, -0.2) is 0 Å². The number of phenolic OH excluding ortho intramolecular Hbond substituents is 2. The summed E-state index contributed by atoms with van der Waals surface area (Å²) in [6.07, 6.45) is 1.95. The third kappa shape index (κ3) is 3.52. The average Bonchev–Trinajstić information content (AvgIpc) is 2.44. The summed E-state index contributed by atoms with van der Waals surface area (Å²) in [5.74, 6) is 0.734. The second-order valence-corrected chi connectivity index (χ2v) is 7.49. The van der Waals surface area contributed by atoms with Crippen molar-refractivity contribution in [2.45, 2.75) is 59.8 Å². The maximum atomic E-state index is 10.4. The second-order valence-electron chi connectivity index (χ2n) is 7.49. The Bertz CT molecular complexity index is 722. The minimum absolute atomic E-state index is 0.123. The predicted octanol–water partition coefficient (Wildman–Crippen LogP) is 5.63. The van der Waals surface area contributed by atoms with Gasteiger partial charge in [-0.3, -0.25) is 0 Å². The van der Waals surface area contributed by atoms with Crippen LogP contribution in [-0.2, 0) is 11.8 Å². The number of phenols is 2. The molecule has 0 aromatic heterocycles. The third-order valence-electron chi connectivity index (χ3n) is 4.36. The summed E-state index contributed by atoms with van der Waals surface area (Å²) in [6, 6.07) is 8.06. The molecule has 0 amide bonds. The van der Waals surface area contributed by atoms with Gasteiger partial charge in [-0.1, -0.05) is 34.1 Å². The van der Waals surface area contributed by atoms with Gasteiger partial charge < -0.3 is 10.2 Å². The van der Waals surface area contributed by atoms with E-state index >= 15 is 0 Å². The lowest BCUT2D eigenvalue weighted by molar-refractivity contribution is 0.443. The van der Waals surface area contributed by atoms with Gasteiger partial charge in [0.25, 0.3) is 0 Å². The molecule has 2 aromatic rings. The Morgan fingerprint density at radius 2 is 1.57 bits per heavy atom. The van der Waals surface area contributed by atoms with Crippen molar-refractivity contribution in [1.82, 2.24) is 0 Å². The molecular formula is C21H28O2. The largest absolute Gasteiger partial charge is 0.508 e. The number of hydrogen-bond donors (Lipinski definition) is 2. The van der Waals surface area contributed by atoms with Crippen LogP contribution in [0.25, 0.3) is 11.1 Å². The number of hydrogen-bond acceptors (Lipinski definition) is 2. The van der Waals surface area contributed by atoms with Crippen molar-refractivity contribution in [3.8, 4) is 22.6 Å². The maximum Gasteiger partial charge on any atom is 0.122 e. The van der Waals surface area contributed by atoms with Gasteiger partial charge in [0.05, 0.1) is 0 Å². The average molecular weight is 312 g/mol. The summed E-state index contributed by atoms with van der Waals surface area (Å²) in [6.45, 7) is 12.3. The van der Waals surface area contributed by atoms with Gasteiger partial charge in [-0.15, -0.1) is 0 Å². The zero-order valence-corrected chi connectivity index (χ0v) is 15.1. The van der Waals surface area contributed by atoms with Gasteiger partial charge in [-0.2, -0.15) is 0 Å². The Labute approximate surface area is 139 Å². The molecule has 0 saturated heterocycles. The fraction of sp³-hybridized carbons (Fsp3) is 0.429. The summed E-state index contributed by atoms with van der Waals surface area (Å²) in [5.41, 5.74) is 6.01. The van der Waals surface area contributed by atoms with Crippen LogP contribution in [0.5, 0.6) is 11.5 Å². The fourth-order valence-electron chi connectivity index (χ4n) is 2.99. The first kappa shape index (κ1) is 17.4. The molecule has 0 aliphatic heterocycles. The van der Waals surface area contributed by atoms with Gasteiger partial charge in [0.15, 0.2) is 0 Å². The Balaban J connectivity index is 2.72. The van der Waals surface area contributed by atoms with E-state index in [1.54, 1.807) is 0 Å². The van der Waals surface area contributed by atoms with E-state index in [1.165, 1.54) is 0 Å². The van der Waals surface area contributed by atoms with E-state index in [0.717, 1.165) is 46.2 Å². The van der Waals surface area contributed by atoms with Crippen molar-refractivity contribution in [2.24, 2.45) is 0 Å². The molecule has 0 atom stereocenters. The Morgan fingerprint density at radius 1 is 0.913 bits per heavy atom. The summed E-state index contributed by atoms with van der Waals surface area (Å²) in [4.78, 5) is 0. The monoisotopic (exact) mass is 312 g/mol. The van der Waals surface area contributed by atoms with Crippen LogP contribution in [0.3, 0.4) is 0 Å². The van der Waals surface area contributed by atoms with Crippen LogP contribution in [0.4, 0.5) is 0 Å². The topological polar surface area (TPSA) is 40.5 Å². The molecular weight excluding hydrogens is 284 g/mol. The van der Waals surface area contributed by atoms with Crippen molar-refractivity contribution in [1.29, 1.82) is 0 Å².